The van der Waals surface area contributed by atoms with Gasteiger partial charge in [-0.25, -0.2) is 18.4 Å². The van der Waals surface area contributed by atoms with E-state index in [-0.39, 0.29) is 11.7 Å². The highest BCUT2D eigenvalue weighted by Crippen LogP contribution is 2.32. The van der Waals surface area contributed by atoms with Gasteiger partial charge in [0.1, 0.15) is 33.1 Å². The number of ketones is 1. The fourth-order valence-electron chi connectivity index (χ4n) is 4.18. The second-order valence-corrected chi connectivity index (χ2v) is 12.9. The van der Waals surface area contributed by atoms with E-state index in [1.165, 1.54) is 18.0 Å². The summed E-state index contributed by atoms with van der Waals surface area (Å²) in [5.41, 5.74) is 1.03. The maximum atomic E-state index is 12.1. The standard InChI is InChI=1S/C25H31N7O3S2/c1-37(34,35)15-14-31-10-12-32(13-11-31)24-17-23(27-22-8-9-26-30-22)28-25(29-24)36-20-6-2-18(3-7-20)16-21(33)19-4-5-19/h2-3,6-9,17,19H,4-5,10-16H2,1H3,(H2,26,27,28,29,30). The Morgan fingerprint density at radius 2 is 1.86 bits per heavy atom. The monoisotopic (exact) mass is 541 g/mol. The van der Waals surface area contributed by atoms with Gasteiger partial charge in [0.2, 0.25) is 0 Å². The maximum absolute atomic E-state index is 12.1. The highest BCUT2D eigenvalue weighted by Gasteiger charge is 2.29. The highest BCUT2D eigenvalue weighted by atomic mass is 32.2. The average Bonchev–Trinajstić information content (AvgIpc) is 3.61. The lowest BCUT2D eigenvalue weighted by Gasteiger charge is -2.35. The third kappa shape index (κ3) is 7.53. The van der Waals surface area contributed by atoms with Gasteiger partial charge in [-0.15, -0.1) is 0 Å². The number of hydrogen-bond acceptors (Lipinski definition) is 10. The number of rotatable bonds is 11. The number of Topliss-reactive ketones (excluding diaryl/α,β-unsaturated/α-hetero) is 1. The quantitative estimate of drug-likeness (QED) is 0.350. The molecule has 0 unspecified atom stereocenters. The molecule has 0 bridgehead atoms. The number of H-pyrrole nitrogens is 1. The molecule has 1 saturated heterocycles. The molecule has 196 valence electrons. The smallest absolute Gasteiger partial charge is 0.196 e. The molecule has 2 fully saturated rings. The van der Waals surface area contributed by atoms with Crippen LogP contribution in [0, 0.1) is 5.92 Å². The summed E-state index contributed by atoms with van der Waals surface area (Å²) in [6.45, 7) is 3.58. The molecule has 2 aromatic heterocycles. The van der Waals surface area contributed by atoms with E-state index in [9.17, 15) is 13.2 Å². The maximum Gasteiger partial charge on any atom is 0.196 e. The number of benzene rings is 1. The number of hydrogen-bond donors (Lipinski definition) is 2. The third-order valence-corrected chi connectivity index (χ3v) is 8.27. The zero-order valence-electron chi connectivity index (χ0n) is 20.8. The molecule has 1 aliphatic heterocycles. The minimum Gasteiger partial charge on any atom is -0.354 e. The van der Waals surface area contributed by atoms with Crippen molar-refractivity contribution in [3.05, 3.63) is 48.2 Å². The Morgan fingerprint density at radius 3 is 2.51 bits per heavy atom. The number of piperazine rings is 1. The van der Waals surface area contributed by atoms with Crippen molar-refractivity contribution in [1.29, 1.82) is 0 Å². The van der Waals surface area contributed by atoms with E-state index in [4.69, 9.17) is 9.97 Å². The molecule has 0 radical (unpaired) electrons. The van der Waals surface area contributed by atoms with Crippen LogP contribution in [-0.4, -0.2) is 84.0 Å². The van der Waals surface area contributed by atoms with E-state index >= 15 is 0 Å². The van der Waals surface area contributed by atoms with Crippen LogP contribution in [0.2, 0.25) is 0 Å². The van der Waals surface area contributed by atoms with Crippen molar-refractivity contribution in [2.75, 3.05) is 54.9 Å². The van der Waals surface area contributed by atoms with Crippen molar-refractivity contribution in [2.45, 2.75) is 29.3 Å². The molecule has 0 atom stereocenters. The van der Waals surface area contributed by atoms with Crippen LogP contribution in [0.3, 0.4) is 0 Å². The first-order valence-electron chi connectivity index (χ1n) is 12.4. The van der Waals surface area contributed by atoms with Crippen LogP contribution in [0.1, 0.15) is 18.4 Å². The summed E-state index contributed by atoms with van der Waals surface area (Å²) in [5.74, 6) is 2.98. The van der Waals surface area contributed by atoms with Gasteiger partial charge in [0.25, 0.3) is 0 Å². The molecule has 0 spiro atoms. The van der Waals surface area contributed by atoms with Crippen LogP contribution in [0.15, 0.2) is 52.6 Å². The lowest BCUT2D eigenvalue weighted by atomic mass is 10.1. The summed E-state index contributed by atoms with van der Waals surface area (Å²) < 4.78 is 23.0. The minimum atomic E-state index is -2.98. The average molecular weight is 542 g/mol. The molecule has 37 heavy (non-hydrogen) atoms. The SMILES string of the molecule is CS(=O)(=O)CCN1CCN(c2cc(Nc3ccn[nH]3)nc(Sc3ccc(CC(=O)C4CC4)cc3)n2)CC1. The van der Waals surface area contributed by atoms with Gasteiger partial charge in [0, 0.05) is 68.3 Å². The lowest BCUT2D eigenvalue weighted by Crippen LogP contribution is -2.47. The molecule has 2 aliphatic rings. The third-order valence-electron chi connectivity index (χ3n) is 6.47. The van der Waals surface area contributed by atoms with Crippen LogP contribution < -0.4 is 10.2 Å². The summed E-state index contributed by atoms with van der Waals surface area (Å²) in [4.78, 5) is 27.1. The van der Waals surface area contributed by atoms with Gasteiger partial charge < -0.3 is 10.2 Å². The van der Waals surface area contributed by atoms with E-state index in [0.29, 0.717) is 29.7 Å². The Balaban J connectivity index is 1.28. The molecule has 10 nitrogen and oxygen atoms in total. The van der Waals surface area contributed by atoms with E-state index in [1.807, 2.05) is 36.4 Å². The van der Waals surface area contributed by atoms with Crippen LogP contribution in [-0.2, 0) is 21.1 Å². The Bertz CT molecular complexity index is 1320. The summed E-state index contributed by atoms with van der Waals surface area (Å²) in [6, 6.07) is 11.8. The second-order valence-electron chi connectivity index (χ2n) is 9.61. The number of aromatic amines is 1. The topological polar surface area (TPSA) is 124 Å². The summed E-state index contributed by atoms with van der Waals surface area (Å²) in [6.07, 6.45) is 5.51. The number of carbonyl (C=O) groups excluding carboxylic acids is 1. The normalized spacial score (nSPS) is 16.6. The number of anilines is 3. The number of nitrogens with zero attached hydrogens (tertiary/aromatic N) is 5. The number of carbonyl (C=O) groups is 1. The first kappa shape index (κ1) is 25.7. The molecule has 1 aromatic carbocycles. The molecule has 1 saturated carbocycles. The first-order chi connectivity index (χ1) is 17.8. The molecule has 2 N–H and O–H groups in total. The van der Waals surface area contributed by atoms with Gasteiger partial charge in [-0.1, -0.05) is 12.1 Å². The summed E-state index contributed by atoms with van der Waals surface area (Å²) in [5, 5.41) is 10.8. The van der Waals surface area contributed by atoms with Crippen LogP contribution in [0.4, 0.5) is 17.5 Å². The summed E-state index contributed by atoms with van der Waals surface area (Å²) in [7, 11) is -2.98. The van der Waals surface area contributed by atoms with Crippen molar-refractivity contribution in [3.8, 4) is 0 Å². The predicted octanol–water partition coefficient (Wildman–Crippen LogP) is 2.78. The van der Waals surface area contributed by atoms with E-state index in [0.717, 1.165) is 61.1 Å². The van der Waals surface area contributed by atoms with Gasteiger partial charge in [-0.05, 0) is 42.3 Å². The fourth-order valence-corrected chi connectivity index (χ4v) is 5.53. The Morgan fingerprint density at radius 1 is 1.11 bits per heavy atom. The van der Waals surface area contributed by atoms with E-state index < -0.39 is 9.84 Å². The molecule has 1 aliphatic carbocycles. The Kier molecular flexibility index (Phi) is 7.77. The van der Waals surface area contributed by atoms with Gasteiger partial charge in [-0.2, -0.15) is 5.10 Å². The molecule has 3 heterocycles. The first-order valence-corrected chi connectivity index (χ1v) is 15.3. The second kappa shape index (κ2) is 11.2. The molecule has 5 rings (SSSR count). The number of aromatic nitrogens is 4. The largest absolute Gasteiger partial charge is 0.354 e. The number of nitrogens with one attached hydrogen (secondary N) is 2. The Hall–Kier alpha value is -2.96. The van der Waals surface area contributed by atoms with Crippen molar-refractivity contribution in [2.24, 2.45) is 5.92 Å². The Labute approximate surface area is 221 Å². The molecule has 12 heteroatoms. The molecule has 0 amide bonds. The molecular weight excluding hydrogens is 510 g/mol. The van der Waals surface area contributed by atoms with Gasteiger partial charge in [0.05, 0.1) is 11.9 Å². The van der Waals surface area contributed by atoms with Crippen molar-refractivity contribution in [3.63, 3.8) is 0 Å². The van der Waals surface area contributed by atoms with Crippen molar-refractivity contribution in [1.82, 2.24) is 25.1 Å². The predicted molar refractivity (Wildman–Crippen MR) is 144 cm³/mol. The van der Waals surface area contributed by atoms with Crippen LogP contribution in [0.25, 0.3) is 0 Å². The lowest BCUT2D eigenvalue weighted by molar-refractivity contribution is -0.119. The van der Waals surface area contributed by atoms with Gasteiger partial charge in [0.15, 0.2) is 5.16 Å². The fraction of sp³-hybridized carbons (Fsp3) is 0.440. The van der Waals surface area contributed by atoms with Crippen LogP contribution >= 0.6 is 11.8 Å². The summed E-state index contributed by atoms with van der Waals surface area (Å²) >= 11 is 1.47. The van der Waals surface area contributed by atoms with Crippen molar-refractivity contribution < 1.29 is 13.2 Å². The number of sulfone groups is 1. The minimum absolute atomic E-state index is 0.174. The zero-order valence-corrected chi connectivity index (χ0v) is 22.4. The zero-order chi connectivity index (χ0) is 25.8. The molecule has 3 aromatic rings. The van der Waals surface area contributed by atoms with Gasteiger partial charge in [-0.3, -0.25) is 14.8 Å². The highest BCUT2D eigenvalue weighted by molar-refractivity contribution is 7.99. The van der Waals surface area contributed by atoms with Gasteiger partial charge >= 0.3 is 0 Å². The molecular formula is C25H31N7O3S2. The van der Waals surface area contributed by atoms with Crippen LogP contribution in [0.5, 0.6) is 0 Å². The van der Waals surface area contributed by atoms with E-state index in [2.05, 4.69) is 25.3 Å². The van der Waals surface area contributed by atoms with E-state index in [1.54, 1.807) is 6.20 Å². The van der Waals surface area contributed by atoms with Crippen molar-refractivity contribution >= 4 is 44.8 Å².